The van der Waals surface area contributed by atoms with Crippen LogP contribution in [0.1, 0.15) is 12.7 Å². The van der Waals surface area contributed by atoms with Crippen molar-refractivity contribution in [1.82, 2.24) is 9.97 Å². The maximum absolute atomic E-state index is 6.03. The van der Waals surface area contributed by atoms with Gasteiger partial charge in [-0.2, -0.15) is 0 Å². The van der Waals surface area contributed by atoms with Gasteiger partial charge >= 0.3 is 0 Å². The highest BCUT2D eigenvalue weighted by molar-refractivity contribution is 7.14. The second-order valence-electron chi connectivity index (χ2n) is 3.05. The average Bonchev–Trinajstić information content (AvgIpc) is 2.63. The Morgan fingerprint density at radius 2 is 2.27 bits per heavy atom. The Morgan fingerprint density at radius 1 is 1.47 bits per heavy atom. The summed E-state index contributed by atoms with van der Waals surface area (Å²) in [5.74, 6) is 1.23. The third kappa shape index (κ3) is 2.11. The lowest BCUT2D eigenvalue weighted by Crippen LogP contribution is -1.99. The maximum atomic E-state index is 6.03. The monoisotopic (exact) mass is 239 g/mol. The fraction of sp³-hybridized carbons (Fsp3) is 0.200. The van der Waals surface area contributed by atoms with Crippen LogP contribution in [0.25, 0.3) is 10.6 Å². The number of hydrogen-bond acceptors (Lipinski definition) is 4. The Labute approximate surface area is 96.9 Å². The Kier molecular flexibility index (Phi) is 2.88. The number of aromatic nitrogens is 2. The van der Waals surface area contributed by atoms with Crippen molar-refractivity contribution in [1.29, 1.82) is 0 Å². The second-order valence-corrected chi connectivity index (χ2v) is 4.37. The van der Waals surface area contributed by atoms with Gasteiger partial charge in [0.25, 0.3) is 0 Å². The Balaban J connectivity index is 2.53. The molecule has 2 rings (SSSR count). The van der Waals surface area contributed by atoms with E-state index in [1.165, 1.54) is 0 Å². The van der Waals surface area contributed by atoms with E-state index >= 15 is 0 Å². The summed E-state index contributed by atoms with van der Waals surface area (Å²) in [7, 11) is 0. The predicted molar refractivity (Wildman–Crippen MR) is 64.1 cm³/mol. The van der Waals surface area contributed by atoms with Crippen molar-refractivity contribution >= 4 is 28.8 Å². The molecule has 78 valence electrons. The van der Waals surface area contributed by atoms with E-state index in [4.69, 9.17) is 17.3 Å². The van der Waals surface area contributed by atoms with Gasteiger partial charge in [0.05, 0.1) is 15.6 Å². The summed E-state index contributed by atoms with van der Waals surface area (Å²) in [4.78, 5) is 9.46. The van der Waals surface area contributed by atoms with Crippen LogP contribution >= 0.6 is 22.9 Å². The third-order valence-electron chi connectivity index (χ3n) is 1.96. The molecule has 0 aliphatic carbocycles. The van der Waals surface area contributed by atoms with Crippen molar-refractivity contribution in [2.75, 3.05) is 5.73 Å². The fourth-order valence-electron chi connectivity index (χ4n) is 1.27. The van der Waals surface area contributed by atoms with Crippen molar-refractivity contribution in [2.45, 2.75) is 13.3 Å². The van der Waals surface area contributed by atoms with E-state index in [2.05, 4.69) is 9.97 Å². The van der Waals surface area contributed by atoms with Crippen molar-refractivity contribution in [3.63, 3.8) is 0 Å². The zero-order valence-electron chi connectivity index (χ0n) is 8.20. The van der Waals surface area contributed by atoms with Crippen LogP contribution < -0.4 is 5.73 Å². The van der Waals surface area contributed by atoms with Crippen LogP contribution in [0.4, 0.5) is 5.82 Å². The predicted octanol–water partition coefficient (Wildman–Crippen LogP) is 3.00. The molecule has 0 radical (unpaired) electrons. The van der Waals surface area contributed by atoms with Gasteiger partial charge < -0.3 is 5.73 Å². The van der Waals surface area contributed by atoms with Gasteiger partial charge in [-0.1, -0.05) is 18.5 Å². The Morgan fingerprint density at radius 3 is 2.87 bits per heavy atom. The minimum absolute atomic E-state index is 0.487. The number of thiophene rings is 1. The topological polar surface area (TPSA) is 51.8 Å². The average molecular weight is 240 g/mol. The Bertz CT molecular complexity index is 481. The van der Waals surface area contributed by atoms with Crippen LogP contribution in [0.5, 0.6) is 0 Å². The van der Waals surface area contributed by atoms with Gasteiger partial charge in [-0.3, -0.25) is 0 Å². The Hall–Kier alpha value is -1.13. The van der Waals surface area contributed by atoms with E-state index in [9.17, 15) is 0 Å². The van der Waals surface area contributed by atoms with Gasteiger partial charge in [-0.25, -0.2) is 9.97 Å². The second kappa shape index (κ2) is 4.16. The molecule has 15 heavy (non-hydrogen) atoms. The lowest BCUT2D eigenvalue weighted by atomic mass is 10.3. The van der Waals surface area contributed by atoms with Crippen molar-refractivity contribution in [3.8, 4) is 10.6 Å². The molecule has 0 atom stereocenters. The third-order valence-corrected chi connectivity index (χ3v) is 3.32. The standard InChI is InChI=1S/C10H10ClN3S/c1-2-9-13-7(5-8(12)14-9)10-6(11)3-4-15-10/h3-5H,2H2,1H3,(H2,12,13,14). The van der Waals surface area contributed by atoms with Crippen molar-refractivity contribution < 1.29 is 0 Å². The quantitative estimate of drug-likeness (QED) is 0.877. The van der Waals surface area contributed by atoms with E-state index in [0.717, 1.165) is 22.8 Å². The lowest BCUT2D eigenvalue weighted by molar-refractivity contribution is 0.950. The molecule has 0 bridgehead atoms. The van der Waals surface area contributed by atoms with Gasteiger partial charge in [0.1, 0.15) is 11.6 Å². The first-order chi connectivity index (χ1) is 7.20. The van der Waals surface area contributed by atoms with Gasteiger partial charge in [0.15, 0.2) is 0 Å². The lowest BCUT2D eigenvalue weighted by Gasteiger charge is -2.02. The first-order valence-electron chi connectivity index (χ1n) is 4.57. The van der Waals surface area contributed by atoms with E-state index in [0.29, 0.717) is 10.8 Å². The summed E-state index contributed by atoms with van der Waals surface area (Å²) in [6.07, 6.45) is 0.765. The summed E-state index contributed by atoms with van der Waals surface area (Å²) in [6, 6.07) is 3.60. The van der Waals surface area contributed by atoms with Gasteiger partial charge in [0, 0.05) is 12.5 Å². The summed E-state index contributed by atoms with van der Waals surface area (Å²) in [6.45, 7) is 1.99. The molecular formula is C10H10ClN3S. The highest BCUT2D eigenvalue weighted by atomic mass is 35.5. The SMILES string of the molecule is CCc1nc(N)cc(-c2sccc2Cl)n1. The molecule has 0 saturated heterocycles. The normalized spacial score (nSPS) is 10.5. The van der Waals surface area contributed by atoms with Crippen LogP contribution in [0.3, 0.4) is 0 Å². The number of halogens is 1. The fourth-order valence-corrected chi connectivity index (χ4v) is 2.38. The highest BCUT2D eigenvalue weighted by Gasteiger charge is 2.08. The minimum atomic E-state index is 0.487. The number of hydrogen-bond donors (Lipinski definition) is 1. The zero-order chi connectivity index (χ0) is 10.8. The molecule has 0 aliphatic rings. The minimum Gasteiger partial charge on any atom is -0.384 e. The van der Waals surface area contributed by atoms with Gasteiger partial charge in [0.2, 0.25) is 0 Å². The molecule has 0 unspecified atom stereocenters. The number of anilines is 1. The highest BCUT2D eigenvalue weighted by Crippen LogP contribution is 2.32. The molecule has 2 aromatic rings. The summed E-state index contributed by atoms with van der Waals surface area (Å²) in [5, 5.41) is 2.64. The van der Waals surface area contributed by atoms with Gasteiger partial charge in [-0.05, 0) is 11.4 Å². The zero-order valence-corrected chi connectivity index (χ0v) is 9.77. The number of nitrogens with two attached hydrogens (primary N) is 1. The van der Waals surface area contributed by atoms with Gasteiger partial charge in [-0.15, -0.1) is 11.3 Å². The molecule has 5 heteroatoms. The van der Waals surface area contributed by atoms with Crippen molar-refractivity contribution in [3.05, 3.63) is 28.4 Å². The molecule has 2 N–H and O–H groups in total. The van der Waals surface area contributed by atoms with E-state index in [1.807, 2.05) is 18.4 Å². The van der Waals surface area contributed by atoms with Crippen molar-refractivity contribution in [2.24, 2.45) is 0 Å². The molecule has 0 fully saturated rings. The molecule has 0 aromatic carbocycles. The number of nitrogen functional groups attached to an aromatic ring is 1. The maximum Gasteiger partial charge on any atom is 0.131 e. The van der Waals surface area contributed by atoms with Crippen LogP contribution in [0.2, 0.25) is 5.02 Å². The summed E-state index contributed by atoms with van der Waals surface area (Å²) < 4.78 is 0. The molecule has 0 saturated carbocycles. The molecule has 2 heterocycles. The molecule has 0 aliphatic heterocycles. The number of rotatable bonds is 2. The summed E-state index contributed by atoms with van der Waals surface area (Å²) in [5.41, 5.74) is 6.51. The number of aryl methyl sites for hydroxylation is 1. The number of nitrogens with zero attached hydrogens (tertiary/aromatic N) is 2. The van der Waals surface area contributed by atoms with E-state index in [1.54, 1.807) is 17.4 Å². The van der Waals surface area contributed by atoms with Crippen LogP contribution in [0.15, 0.2) is 17.5 Å². The van der Waals surface area contributed by atoms with E-state index < -0.39 is 0 Å². The molecule has 0 amide bonds. The molecule has 3 nitrogen and oxygen atoms in total. The van der Waals surface area contributed by atoms with Crippen LogP contribution in [-0.4, -0.2) is 9.97 Å². The molecular weight excluding hydrogens is 230 g/mol. The summed E-state index contributed by atoms with van der Waals surface area (Å²) >= 11 is 7.58. The van der Waals surface area contributed by atoms with Crippen LogP contribution in [-0.2, 0) is 6.42 Å². The van der Waals surface area contributed by atoms with E-state index in [-0.39, 0.29) is 0 Å². The van der Waals surface area contributed by atoms with Crippen LogP contribution in [0, 0.1) is 0 Å². The largest absolute Gasteiger partial charge is 0.384 e. The molecule has 2 aromatic heterocycles. The first-order valence-corrected chi connectivity index (χ1v) is 5.83. The smallest absolute Gasteiger partial charge is 0.131 e. The molecule has 0 spiro atoms. The first kappa shape index (κ1) is 10.4.